The number of aryl methyl sites for hydroxylation is 1. The molecule has 0 aliphatic carbocycles. The van der Waals surface area contributed by atoms with Gasteiger partial charge in [-0.3, -0.25) is 4.55 Å². The molecule has 160 valence electrons. The minimum atomic E-state index is -4.67. The minimum Gasteiger partial charge on any atom is -0.871 e. The summed E-state index contributed by atoms with van der Waals surface area (Å²) in [6.07, 6.45) is 12.0. The zero-order chi connectivity index (χ0) is 21.1. The van der Waals surface area contributed by atoms with Crippen molar-refractivity contribution in [3.05, 3.63) is 48.0 Å². The van der Waals surface area contributed by atoms with Crippen LogP contribution >= 0.6 is 0 Å². The predicted octanol–water partition coefficient (Wildman–Crippen LogP) is 2.88. The van der Waals surface area contributed by atoms with Crippen LogP contribution in [0.15, 0.2) is 47.4 Å². The Balaban J connectivity index is 0.00000450. The van der Waals surface area contributed by atoms with Gasteiger partial charge in [-0.1, -0.05) is 94.4 Å². The molecule has 2 aromatic carbocycles. The van der Waals surface area contributed by atoms with Crippen molar-refractivity contribution in [2.75, 3.05) is 0 Å². The molecule has 2 aromatic rings. The Morgan fingerprint density at radius 1 is 0.833 bits per heavy atom. The van der Waals surface area contributed by atoms with E-state index in [-0.39, 0.29) is 35.3 Å². The second-order valence-electron chi connectivity index (χ2n) is 7.35. The topological polar surface area (TPSA) is 86.7 Å². The van der Waals surface area contributed by atoms with E-state index in [4.69, 9.17) is 4.74 Å². The van der Waals surface area contributed by atoms with Crippen LogP contribution in [0.2, 0.25) is 0 Å². The second-order valence-corrected chi connectivity index (χ2v) is 8.71. The fourth-order valence-electron chi connectivity index (χ4n) is 3.38. The van der Waals surface area contributed by atoms with Crippen LogP contribution in [0.5, 0.6) is 17.2 Å². The average molecular weight is 443 g/mol. The molecule has 0 radical (unpaired) electrons. The van der Waals surface area contributed by atoms with Crippen molar-refractivity contribution in [1.29, 1.82) is 0 Å². The Morgan fingerprint density at radius 3 is 2.03 bits per heavy atom. The molecule has 0 spiro atoms. The zero-order valence-corrected chi connectivity index (χ0v) is 20.9. The molecule has 0 aromatic heterocycles. The van der Waals surface area contributed by atoms with Gasteiger partial charge in [-0.05, 0) is 30.5 Å². The van der Waals surface area contributed by atoms with E-state index < -0.39 is 20.8 Å². The van der Waals surface area contributed by atoms with Crippen LogP contribution in [0.4, 0.5) is 0 Å². The van der Waals surface area contributed by atoms with E-state index in [1.54, 1.807) is 12.1 Å². The van der Waals surface area contributed by atoms with Gasteiger partial charge < -0.3 is 9.84 Å². The normalized spacial score (nSPS) is 11.1. The molecule has 0 fully saturated rings. The summed E-state index contributed by atoms with van der Waals surface area (Å²) < 4.78 is 38.3. The molecule has 0 unspecified atom stereocenters. The quantitative estimate of drug-likeness (QED) is 0.293. The molecule has 0 aliphatic rings. The summed E-state index contributed by atoms with van der Waals surface area (Å²) in [7, 11) is -4.67. The van der Waals surface area contributed by atoms with Crippen LogP contribution in [-0.2, 0) is 16.5 Å². The van der Waals surface area contributed by atoms with Crippen molar-refractivity contribution >= 4 is 10.1 Å². The smallest absolute Gasteiger partial charge is 0.871 e. The first-order chi connectivity index (χ1) is 13.9. The third-order valence-corrected chi connectivity index (χ3v) is 5.86. The molecule has 1 N–H and O–H groups in total. The van der Waals surface area contributed by atoms with Crippen LogP contribution < -0.4 is 39.4 Å². The first-order valence-corrected chi connectivity index (χ1v) is 11.9. The fraction of sp³-hybridized carbons (Fsp3) is 0.478. The van der Waals surface area contributed by atoms with Crippen LogP contribution in [0, 0.1) is 0 Å². The molecule has 30 heavy (non-hydrogen) atoms. The van der Waals surface area contributed by atoms with Gasteiger partial charge in [-0.2, -0.15) is 8.42 Å². The van der Waals surface area contributed by atoms with Gasteiger partial charge in [0.1, 0.15) is 16.4 Å². The largest absolute Gasteiger partial charge is 1.00 e. The van der Waals surface area contributed by atoms with Gasteiger partial charge in [0.15, 0.2) is 0 Å². The van der Waals surface area contributed by atoms with Crippen LogP contribution in [0.1, 0.15) is 70.3 Å². The van der Waals surface area contributed by atoms with E-state index in [2.05, 4.69) is 6.92 Å². The van der Waals surface area contributed by atoms with Crippen molar-refractivity contribution in [3.8, 4) is 17.2 Å². The van der Waals surface area contributed by atoms with Crippen LogP contribution in [-0.4, -0.2) is 13.0 Å². The van der Waals surface area contributed by atoms with E-state index in [1.807, 2.05) is 12.1 Å². The second kappa shape index (κ2) is 14.1. The molecule has 0 saturated heterocycles. The SMILES string of the molecule is CCCCCCCCCCCc1ccccc1Oc1cccc([O-])c1S(=O)(=O)O.[Na+]. The number of ether oxygens (including phenoxy) is 1. The van der Waals surface area contributed by atoms with Gasteiger partial charge in [0.2, 0.25) is 0 Å². The summed E-state index contributed by atoms with van der Waals surface area (Å²) in [5.41, 5.74) is 0.952. The Kier molecular flexibility index (Phi) is 12.7. The van der Waals surface area contributed by atoms with Crippen molar-refractivity contribution in [3.63, 3.8) is 0 Å². The summed E-state index contributed by atoms with van der Waals surface area (Å²) in [6.45, 7) is 2.22. The van der Waals surface area contributed by atoms with E-state index in [9.17, 15) is 18.1 Å². The van der Waals surface area contributed by atoms with E-state index in [0.717, 1.165) is 30.9 Å². The third kappa shape index (κ3) is 8.98. The summed E-state index contributed by atoms with van der Waals surface area (Å²) in [5, 5.41) is 11.9. The first-order valence-electron chi connectivity index (χ1n) is 10.5. The minimum absolute atomic E-state index is 0. The first kappa shape index (κ1) is 27.0. The zero-order valence-electron chi connectivity index (χ0n) is 18.1. The number of hydrogen-bond acceptors (Lipinski definition) is 4. The standard InChI is InChI=1S/C23H32O5S.Na/c1-2-3-4-5-6-7-8-9-10-14-19-15-11-12-17-21(19)28-22-18-13-16-20(24)23(22)29(25,26)27;/h11-13,15-18,24H,2-10,14H2,1H3,(H,25,26,27);/q;+1/p-1. The van der Waals surface area contributed by atoms with Crippen molar-refractivity contribution in [2.24, 2.45) is 0 Å². The van der Waals surface area contributed by atoms with E-state index in [0.29, 0.717) is 5.75 Å². The number of benzene rings is 2. The van der Waals surface area contributed by atoms with Gasteiger partial charge in [0.25, 0.3) is 10.1 Å². The van der Waals surface area contributed by atoms with E-state index in [1.165, 1.54) is 57.1 Å². The number of rotatable bonds is 13. The van der Waals surface area contributed by atoms with Crippen molar-refractivity contribution in [1.82, 2.24) is 0 Å². The molecular weight excluding hydrogens is 411 g/mol. The van der Waals surface area contributed by atoms with Gasteiger partial charge >= 0.3 is 29.6 Å². The molecule has 0 heterocycles. The molecule has 5 nitrogen and oxygen atoms in total. The van der Waals surface area contributed by atoms with Crippen molar-refractivity contribution < 1.29 is 52.4 Å². The summed E-state index contributed by atoms with van der Waals surface area (Å²) >= 11 is 0. The Morgan fingerprint density at radius 2 is 1.40 bits per heavy atom. The monoisotopic (exact) mass is 442 g/mol. The molecule has 0 saturated carbocycles. The number of unbranched alkanes of at least 4 members (excludes halogenated alkanes) is 8. The van der Waals surface area contributed by atoms with Gasteiger partial charge in [-0.25, -0.2) is 0 Å². The van der Waals surface area contributed by atoms with Gasteiger partial charge in [0, 0.05) is 0 Å². The molecule has 7 heteroatoms. The predicted molar refractivity (Wildman–Crippen MR) is 113 cm³/mol. The number of para-hydroxylation sites is 1. The van der Waals surface area contributed by atoms with Crippen LogP contribution in [0.25, 0.3) is 0 Å². The maximum atomic E-state index is 11.9. The molecule has 0 bridgehead atoms. The number of hydrogen-bond donors (Lipinski definition) is 1. The summed E-state index contributed by atoms with van der Waals surface area (Å²) in [6, 6.07) is 11.3. The molecule has 0 amide bonds. The maximum absolute atomic E-state index is 11.9. The third-order valence-electron chi connectivity index (χ3n) is 4.94. The molecule has 2 rings (SSSR count). The average Bonchev–Trinajstić information content (AvgIpc) is 2.67. The summed E-state index contributed by atoms with van der Waals surface area (Å²) in [5.74, 6) is -0.441. The Labute approximate surface area is 202 Å². The molecular formula is C23H31NaO5S. The molecule has 0 aliphatic heterocycles. The van der Waals surface area contributed by atoms with E-state index >= 15 is 0 Å². The Hall–Kier alpha value is -1.05. The van der Waals surface area contributed by atoms with Crippen molar-refractivity contribution in [2.45, 2.75) is 76.0 Å². The van der Waals surface area contributed by atoms with Gasteiger partial charge in [-0.15, -0.1) is 0 Å². The maximum Gasteiger partial charge on any atom is 1.00 e. The molecule has 0 atom stereocenters. The summed E-state index contributed by atoms with van der Waals surface area (Å²) in [4.78, 5) is -0.724. The van der Waals surface area contributed by atoms with Gasteiger partial charge in [0.05, 0.1) is 0 Å². The van der Waals surface area contributed by atoms with Crippen LogP contribution in [0.3, 0.4) is 0 Å². The fourth-order valence-corrected chi connectivity index (χ4v) is 4.07. The Bertz CT molecular complexity index is 868.